The molecule has 0 aromatic heterocycles. The first kappa shape index (κ1) is 19.9. The standard InChI is InChI=1S/C18H18Cl2N2O4/c1-3-25-17-8-12(4-6-15(17)23)10-21-22-18(24)11(2)26-16-7-5-13(19)9-14(16)20/h4-11,23H,3H2,1-2H3,(H,22,24)/b21-10+. The second-order valence-corrected chi connectivity index (χ2v) is 6.07. The number of nitrogens with zero attached hydrogens (tertiary/aromatic N) is 1. The molecule has 0 saturated heterocycles. The molecule has 8 heteroatoms. The molecule has 138 valence electrons. The molecule has 26 heavy (non-hydrogen) atoms. The molecule has 1 atom stereocenters. The minimum atomic E-state index is -0.815. The zero-order chi connectivity index (χ0) is 19.1. The molecule has 1 unspecified atom stereocenters. The van der Waals surface area contributed by atoms with E-state index in [0.29, 0.717) is 33.7 Å². The van der Waals surface area contributed by atoms with Gasteiger partial charge in [-0.1, -0.05) is 23.2 Å². The van der Waals surface area contributed by atoms with Crippen LogP contribution in [0.25, 0.3) is 0 Å². The highest BCUT2D eigenvalue weighted by Crippen LogP contribution is 2.28. The van der Waals surface area contributed by atoms with Crippen molar-refractivity contribution >= 4 is 35.3 Å². The molecule has 1 amide bonds. The molecule has 2 aromatic carbocycles. The number of carbonyl (C=O) groups is 1. The van der Waals surface area contributed by atoms with Crippen LogP contribution in [-0.4, -0.2) is 29.9 Å². The van der Waals surface area contributed by atoms with E-state index in [1.54, 1.807) is 31.2 Å². The molecule has 2 aromatic rings. The van der Waals surface area contributed by atoms with Gasteiger partial charge < -0.3 is 14.6 Å². The van der Waals surface area contributed by atoms with E-state index >= 15 is 0 Å². The molecule has 2 N–H and O–H groups in total. The Kier molecular flexibility index (Phi) is 7.12. The number of ether oxygens (including phenoxy) is 2. The van der Waals surface area contributed by atoms with Crippen LogP contribution in [0.2, 0.25) is 10.0 Å². The van der Waals surface area contributed by atoms with Crippen molar-refractivity contribution in [1.82, 2.24) is 5.43 Å². The first-order valence-corrected chi connectivity index (χ1v) is 8.56. The molecule has 2 rings (SSSR count). The van der Waals surface area contributed by atoms with Crippen molar-refractivity contribution < 1.29 is 19.4 Å². The maximum absolute atomic E-state index is 12.1. The number of amides is 1. The van der Waals surface area contributed by atoms with Crippen LogP contribution in [0.4, 0.5) is 0 Å². The molecule has 0 aliphatic heterocycles. The number of hydrazone groups is 1. The Morgan fingerprint density at radius 2 is 2.04 bits per heavy atom. The van der Waals surface area contributed by atoms with Gasteiger partial charge >= 0.3 is 0 Å². The first-order chi connectivity index (χ1) is 12.4. The van der Waals surface area contributed by atoms with Crippen LogP contribution in [-0.2, 0) is 4.79 Å². The van der Waals surface area contributed by atoms with Gasteiger partial charge in [0, 0.05) is 5.02 Å². The molecule has 0 aliphatic rings. The molecule has 0 radical (unpaired) electrons. The number of nitrogens with one attached hydrogen (secondary N) is 1. The zero-order valence-corrected chi connectivity index (χ0v) is 15.7. The highest BCUT2D eigenvalue weighted by molar-refractivity contribution is 6.35. The maximum Gasteiger partial charge on any atom is 0.280 e. The second kappa shape index (κ2) is 9.31. The monoisotopic (exact) mass is 396 g/mol. The third kappa shape index (κ3) is 5.54. The van der Waals surface area contributed by atoms with Crippen LogP contribution < -0.4 is 14.9 Å². The van der Waals surface area contributed by atoms with Crippen molar-refractivity contribution in [3.8, 4) is 17.2 Å². The van der Waals surface area contributed by atoms with E-state index in [4.69, 9.17) is 32.7 Å². The van der Waals surface area contributed by atoms with Crippen molar-refractivity contribution in [2.45, 2.75) is 20.0 Å². The Labute approximate surface area is 161 Å². The van der Waals surface area contributed by atoms with Crippen LogP contribution in [0.15, 0.2) is 41.5 Å². The number of hydrogen-bond acceptors (Lipinski definition) is 5. The van der Waals surface area contributed by atoms with E-state index in [1.807, 2.05) is 6.92 Å². The molecule has 0 fully saturated rings. The highest BCUT2D eigenvalue weighted by atomic mass is 35.5. The summed E-state index contributed by atoms with van der Waals surface area (Å²) in [7, 11) is 0. The van der Waals surface area contributed by atoms with Crippen LogP contribution >= 0.6 is 23.2 Å². The lowest BCUT2D eigenvalue weighted by Gasteiger charge is -2.14. The van der Waals surface area contributed by atoms with E-state index in [1.165, 1.54) is 18.3 Å². The number of carbonyl (C=O) groups excluding carboxylic acids is 1. The minimum Gasteiger partial charge on any atom is -0.504 e. The van der Waals surface area contributed by atoms with Gasteiger partial charge in [-0.15, -0.1) is 0 Å². The number of halogens is 2. The fourth-order valence-electron chi connectivity index (χ4n) is 1.96. The topological polar surface area (TPSA) is 80.2 Å². The van der Waals surface area contributed by atoms with Gasteiger partial charge in [0.05, 0.1) is 17.8 Å². The largest absolute Gasteiger partial charge is 0.504 e. The predicted octanol–water partition coefficient (Wildman–Crippen LogP) is 4.02. The summed E-state index contributed by atoms with van der Waals surface area (Å²) >= 11 is 11.8. The van der Waals surface area contributed by atoms with Gasteiger partial charge in [-0.3, -0.25) is 4.79 Å². The van der Waals surface area contributed by atoms with Gasteiger partial charge in [-0.25, -0.2) is 5.43 Å². The van der Waals surface area contributed by atoms with Crippen LogP contribution in [0.5, 0.6) is 17.2 Å². The summed E-state index contributed by atoms with van der Waals surface area (Å²) < 4.78 is 10.8. The molecule has 0 aliphatic carbocycles. The van der Waals surface area contributed by atoms with Crippen molar-refractivity contribution in [3.05, 3.63) is 52.0 Å². The van der Waals surface area contributed by atoms with Gasteiger partial charge in [0.25, 0.3) is 5.91 Å². The van der Waals surface area contributed by atoms with Crippen molar-refractivity contribution in [2.24, 2.45) is 5.10 Å². The van der Waals surface area contributed by atoms with Crippen LogP contribution in [0, 0.1) is 0 Å². The van der Waals surface area contributed by atoms with E-state index in [9.17, 15) is 9.90 Å². The van der Waals surface area contributed by atoms with Crippen molar-refractivity contribution in [1.29, 1.82) is 0 Å². The summed E-state index contributed by atoms with van der Waals surface area (Å²) in [6.45, 7) is 3.81. The Hall–Kier alpha value is -2.44. The Morgan fingerprint density at radius 3 is 2.73 bits per heavy atom. The van der Waals surface area contributed by atoms with E-state index < -0.39 is 12.0 Å². The third-order valence-corrected chi connectivity index (χ3v) is 3.77. The van der Waals surface area contributed by atoms with Gasteiger partial charge in [0.2, 0.25) is 0 Å². The summed E-state index contributed by atoms with van der Waals surface area (Å²) in [5.74, 6) is 0.283. The number of rotatable bonds is 7. The first-order valence-electron chi connectivity index (χ1n) is 7.81. The number of aromatic hydroxyl groups is 1. The van der Waals surface area contributed by atoms with Gasteiger partial charge in [-0.05, 0) is 55.8 Å². The summed E-state index contributed by atoms with van der Waals surface area (Å²) in [5, 5.41) is 14.3. The Balaban J connectivity index is 1.94. The summed E-state index contributed by atoms with van der Waals surface area (Å²) in [6.07, 6.45) is 0.617. The predicted molar refractivity (Wildman–Crippen MR) is 102 cm³/mol. The average Bonchev–Trinajstić information content (AvgIpc) is 2.60. The molecule has 0 bridgehead atoms. The summed E-state index contributed by atoms with van der Waals surface area (Å²) in [4.78, 5) is 12.1. The van der Waals surface area contributed by atoms with Crippen LogP contribution in [0.3, 0.4) is 0 Å². The molecule has 0 heterocycles. The molecule has 0 saturated carbocycles. The van der Waals surface area contributed by atoms with E-state index in [0.717, 1.165) is 0 Å². The minimum absolute atomic E-state index is 0.0369. The van der Waals surface area contributed by atoms with Gasteiger partial charge in [0.15, 0.2) is 17.6 Å². The smallest absolute Gasteiger partial charge is 0.280 e. The number of benzene rings is 2. The summed E-state index contributed by atoms with van der Waals surface area (Å²) in [5.41, 5.74) is 3.03. The number of hydrogen-bond donors (Lipinski definition) is 2. The Morgan fingerprint density at radius 1 is 1.27 bits per heavy atom. The second-order valence-electron chi connectivity index (χ2n) is 5.23. The quantitative estimate of drug-likeness (QED) is 0.547. The SMILES string of the molecule is CCOc1cc(/C=N/NC(=O)C(C)Oc2ccc(Cl)cc2Cl)ccc1O. The summed E-state index contributed by atoms with van der Waals surface area (Å²) in [6, 6.07) is 9.48. The average molecular weight is 397 g/mol. The highest BCUT2D eigenvalue weighted by Gasteiger charge is 2.15. The normalized spacial score (nSPS) is 12.0. The number of phenols is 1. The fraction of sp³-hybridized carbons (Fsp3) is 0.222. The molecular formula is C18H18Cl2N2O4. The van der Waals surface area contributed by atoms with Gasteiger partial charge in [-0.2, -0.15) is 5.10 Å². The third-order valence-electron chi connectivity index (χ3n) is 3.24. The maximum atomic E-state index is 12.1. The zero-order valence-electron chi connectivity index (χ0n) is 14.2. The van der Waals surface area contributed by atoms with Crippen molar-refractivity contribution in [3.63, 3.8) is 0 Å². The fourth-order valence-corrected chi connectivity index (χ4v) is 2.41. The van der Waals surface area contributed by atoms with Gasteiger partial charge in [0.1, 0.15) is 5.75 Å². The lowest BCUT2D eigenvalue weighted by Crippen LogP contribution is -2.33. The van der Waals surface area contributed by atoms with E-state index in [2.05, 4.69) is 10.5 Å². The number of phenolic OH excluding ortho intramolecular Hbond substituents is 1. The lowest BCUT2D eigenvalue weighted by molar-refractivity contribution is -0.127. The van der Waals surface area contributed by atoms with Crippen molar-refractivity contribution in [2.75, 3.05) is 6.61 Å². The molecular weight excluding hydrogens is 379 g/mol. The molecule has 0 spiro atoms. The lowest BCUT2D eigenvalue weighted by atomic mass is 10.2. The Bertz CT molecular complexity index is 812. The van der Waals surface area contributed by atoms with E-state index in [-0.39, 0.29) is 5.75 Å². The molecule has 6 nitrogen and oxygen atoms in total. The van der Waals surface area contributed by atoms with Crippen LogP contribution in [0.1, 0.15) is 19.4 Å².